The van der Waals surface area contributed by atoms with Crippen LogP contribution in [0, 0.1) is 5.92 Å². The summed E-state index contributed by atoms with van der Waals surface area (Å²) in [7, 11) is 0. The minimum Gasteiger partial charge on any atom is -0.375 e. The van der Waals surface area contributed by atoms with E-state index in [1.54, 1.807) is 0 Å². The first-order valence-corrected chi connectivity index (χ1v) is 7.56. The van der Waals surface area contributed by atoms with Gasteiger partial charge >= 0.3 is 0 Å². The van der Waals surface area contributed by atoms with Crippen molar-refractivity contribution in [3.63, 3.8) is 0 Å². The molecule has 0 radical (unpaired) electrons. The predicted octanol–water partition coefficient (Wildman–Crippen LogP) is 2.51. The van der Waals surface area contributed by atoms with Crippen LogP contribution in [0.25, 0.3) is 0 Å². The van der Waals surface area contributed by atoms with E-state index in [0.29, 0.717) is 6.04 Å². The van der Waals surface area contributed by atoms with E-state index in [2.05, 4.69) is 44.8 Å². The zero-order valence-corrected chi connectivity index (χ0v) is 13.0. The van der Waals surface area contributed by atoms with Crippen LogP contribution in [0.4, 0.5) is 0 Å². The van der Waals surface area contributed by atoms with Crippen molar-refractivity contribution >= 4 is 0 Å². The van der Waals surface area contributed by atoms with Crippen molar-refractivity contribution < 1.29 is 4.74 Å². The summed E-state index contributed by atoms with van der Waals surface area (Å²) in [6.45, 7) is 16.5. The molecule has 18 heavy (non-hydrogen) atoms. The van der Waals surface area contributed by atoms with Crippen LogP contribution in [0.15, 0.2) is 0 Å². The van der Waals surface area contributed by atoms with E-state index in [0.717, 1.165) is 25.6 Å². The minimum absolute atomic E-state index is 0.0250. The lowest BCUT2D eigenvalue weighted by Crippen LogP contribution is -2.48. The molecular formula is C15H32N2O. The van der Waals surface area contributed by atoms with E-state index in [1.165, 1.54) is 25.9 Å². The van der Waals surface area contributed by atoms with Gasteiger partial charge in [0.15, 0.2) is 0 Å². The van der Waals surface area contributed by atoms with Gasteiger partial charge in [-0.3, -0.25) is 0 Å². The lowest BCUT2D eigenvalue weighted by molar-refractivity contribution is -0.0377. The van der Waals surface area contributed by atoms with Crippen LogP contribution in [0.3, 0.4) is 0 Å². The van der Waals surface area contributed by atoms with Crippen LogP contribution in [-0.2, 0) is 4.74 Å². The molecule has 0 amide bonds. The first-order chi connectivity index (χ1) is 8.46. The molecule has 1 saturated heterocycles. The van der Waals surface area contributed by atoms with Gasteiger partial charge in [0.25, 0.3) is 0 Å². The van der Waals surface area contributed by atoms with Crippen molar-refractivity contribution in [2.45, 2.75) is 59.1 Å². The molecule has 1 aliphatic heterocycles. The summed E-state index contributed by atoms with van der Waals surface area (Å²) in [5.41, 5.74) is -0.0250. The van der Waals surface area contributed by atoms with Gasteiger partial charge in [0, 0.05) is 25.7 Å². The standard InChI is InChI=1S/C15H32N2O/c1-6-14-8-9-17(11-13(3)10-16-14)12-15(4,5)18-7-2/h13-14,16H,6-12H2,1-5H3. The number of rotatable bonds is 5. The second-order valence-corrected chi connectivity index (χ2v) is 6.34. The molecule has 1 rings (SSSR count). The van der Waals surface area contributed by atoms with Crippen LogP contribution in [0.2, 0.25) is 0 Å². The third kappa shape index (κ3) is 5.68. The maximum atomic E-state index is 5.84. The Labute approximate surface area is 113 Å². The zero-order chi connectivity index (χ0) is 13.6. The van der Waals surface area contributed by atoms with E-state index in [1.807, 2.05) is 0 Å². The fourth-order valence-electron chi connectivity index (χ4n) is 2.87. The average Bonchev–Trinajstić information content (AvgIpc) is 2.25. The Balaban J connectivity index is 2.52. The Hall–Kier alpha value is -0.120. The van der Waals surface area contributed by atoms with E-state index in [9.17, 15) is 0 Å². The highest BCUT2D eigenvalue weighted by molar-refractivity contribution is 4.80. The topological polar surface area (TPSA) is 24.5 Å². The second-order valence-electron chi connectivity index (χ2n) is 6.34. The van der Waals surface area contributed by atoms with Crippen molar-refractivity contribution in [3.05, 3.63) is 0 Å². The molecule has 1 N–H and O–H groups in total. The molecule has 108 valence electrons. The van der Waals surface area contributed by atoms with Gasteiger partial charge in [-0.1, -0.05) is 13.8 Å². The molecule has 1 aliphatic rings. The van der Waals surface area contributed by atoms with Crippen molar-refractivity contribution in [1.29, 1.82) is 0 Å². The van der Waals surface area contributed by atoms with Crippen molar-refractivity contribution in [3.8, 4) is 0 Å². The van der Waals surface area contributed by atoms with Gasteiger partial charge in [-0.25, -0.2) is 0 Å². The van der Waals surface area contributed by atoms with Crippen LogP contribution >= 0.6 is 0 Å². The highest BCUT2D eigenvalue weighted by Gasteiger charge is 2.25. The molecule has 2 atom stereocenters. The van der Waals surface area contributed by atoms with E-state index in [-0.39, 0.29) is 5.60 Å². The third-order valence-corrected chi connectivity index (χ3v) is 3.75. The summed E-state index contributed by atoms with van der Waals surface area (Å²) in [4.78, 5) is 2.59. The van der Waals surface area contributed by atoms with Gasteiger partial charge in [-0.15, -0.1) is 0 Å². The normalized spacial score (nSPS) is 27.8. The monoisotopic (exact) mass is 256 g/mol. The summed E-state index contributed by atoms with van der Waals surface area (Å²) in [5, 5.41) is 3.67. The van der Waals surface area contributed by atoms with Crippen molar-refractivity contribution in [1.82, 2.24) is 10.2 Å². The number of hydrogen-bond acceptors (Lipinski definition) is 3. The molecule has 0 aromatic rings. The molecular weight excluding hydrogens is 224 g/mol. The van der Waals surface area contributed by atoms with Crippen LogP contribution in [0.5, 0.6) is 0 Å². The van der Waals surface area contributed by atoms with Crippen LogP contribution in [-0.4, -0.2) is 49.3 Å². The maximum Gasteiger partial charge on any atom is 0.0752 e. The minimum atomic E-state index is -0.0250. The highest BCUT2D eigenvalue weighted by atomic mass is 16.5. The molecule has 1 heterocycles. The molecule has 0 spiro atoms. The Kier molecular flexibility index (Phi) is 6.61. The fraction of sp³-hybridized carbons (Fsp3) is 1.00. The van der Waals surface area contributed by atoms with Crippen molar-refractivity contribution in [2.75, 3.05) is 32.8 Å². The fourth-order valence-corrected chi connectivity index (χ4v) is 2.87. The Morgan fingerprint density at radius 2 is 2.06 bits per heavy atom. The summed E-state index contributed by atoms with van der Waals surface area (Å²) in [6.07, 6.45) is 2.49. The van der Waals surface area contributed by atoms with Gasteiger partial charge in [-0.05, 0) is 52.6 Å². The van der Waals surface area contributed by atoms with Crippen LogP contribution < -0.4 is 5.32 Å². The molecule has 2 unspecified atom stereocenters. The number of nitrogens with one attached hydrogen (secondary N) is 1. The summed E-state index contributed by atoms with van der Waals surface area (Å²) < 4.78 is 5.84. The largest absolute Gasteiger partial charge is 0.375 e. The summed E-state index contributed by atoms with van der Waals surface area (Å²) in [6, 6.07) is 0.686. The highest BCUT2D eigenvalue weighted by Crippen LogP contribution is 2.15. The quantitative estimate of drug-likeness (QED) is 0.818. The molecule has 3 nitrogen and oxygen atoms in total. The smallest absolute Gasteiger partial charge is 0.0752 e. The van der Waals surface area contributed by atoms with Gasteiger partial charge in [0.05, 0.1) is 5.60 Å². The predicted molar refractivity (Wildman–Crippen MR) is 78.0 cm³/mol. The van der Waals surface area contributed by atoms with Gasteiger partial charge in [0.2, 0.25) is 0 Å². The van der Waals surface area contributed by atoms with Crippen LogP contribution in [0.1, 0.15) is 47.5 Å². The Morgan fingerprint density at radius 3 is 2.67 bits per heavy atom. The molecule has 0 aromatic carbocycles. The first kappa shape index (κ1) is 15.9. The zero-order valence-electron chi connectivity index (χ0n) is 13.0. The van der Waals surface area contributed by atoms with Crippen molar-refractivity contribution in [2.24, 2.45) is 5.92 Å². The second kappa shape index (κ2) is 7.46. The molecule has 1 fully saturated rings. The Bertz CT molecular complexity index is 231. The molecule has 0 aromatic heterocycles. The first-order valence-electron chi connectivity index (χ1n) is 7.56. The van der Waals surface area contributed by atoms with Gasteiger partial charge < -0.3 is 15.0 Å². The number of hydrogen-bond donors (Lipinski definition) is 1. The van der Waals surface area contributed by atoms with Gasteiger partial charge in [0.1, 0.15) is 0 Å². The van der Waals surface area contributed by atoms with Gasteiger partial charge in [-0.2, -0.15) is 0 Å². The average molecular weight is 256 g/mol. The lowest BCUT2D eigenvalue weighted by atomic mass is 10.0. The third-order valence-electron chi connectivity index (χ3n) is 3.75. The summed E-state index contributed by atoms with van der Waals surface area (Å²) in [5.74, 6) is 0.719. The molecule has 3 heteroatoms. The SMILES string of the molecule is CCOC(C)(C)CN1CCC(CC)NCC(C)C1. The number of ether oxygens (including phenoxy) is 1. The lowest BCUT2D eigenvalue weighted by Gasteiger charge is -2.37. The van der Waals surface area contributed by atoms with E-state index >= 15 is 0 Å². The summed E-state index contributed by atoms with van der Waals surface area (Å²) >= 11 is 0. The van der Waals surface area contributed by atoms with E-state index < -0.39 is 0 Å². The molecule has 0 bridgehead atoms. The number of nitrogens with zero attached hydrogens (tertiary/aromatic N) is 1. The molecule has 0 aliphatic carbocycles. The maximum absolute atomic E-state index is 5.84. The Morgan fingerprint density at radius 1 is 1.33 bits per heavy atom. The van der Waals surface area contributed by atoms with E-state index in [4.69, 9.17) is 4.74 Å². The molecule has 0 saturated carbocycles.